The van der Waals surface area contributed by atoms with Gasteiger partial charge in [-0.3, -0.25) is 0 Å². The van der Waals surface area contributed by atoms with E-state index in [-0.39, 0.29) is 28.7 Å². The first-order chi connectivity index (χ1) is 15.9. The second-order valence-corrected chi connectivity index (χ2v) is 16.9. The molecule has 0 aliphatic carbocycles. The summed E-state index contributed by atoms with van der Waals surface area (Å²) in [5, 5.41) is 10.0. The molecule has 34 heavy (non-hydrogen) atoms. The van der Waals surface area contributed by atoms with Crippen LogP contribution in [0.3, 0.4) is 0 Å². The van der Waals surface area contributed by atoms with Crippen LogP contribution in [-0.2, 0) is 21.3 Å². The van der Waals surface area contributed by atoms with Gasteiger partial charge < -0.3 is 18.8 Å². The van der Waals surface area contributed by atoms with Crippen molar-refractivity contribution in [3.63, 3.8) is 0 Å². The van der Waals surface area contributed by atoms with Crippen LogP contribution in [0.25, 0.3) is 22.3 Å². The van der Waals surface area contributed by atoms with Gasteiger partial charge in [0.15, 0.2) is 0 Å². The minimum atomic E-state index is -3.79. The van der Waals surface area contributed by atoms with Crippen molar-refractivity contribution < 1.29 is 22.6 Å². The molecule has 0 unspecified atom stereocenters. The van der Waals surface area contributed by atoms with E-state index in [0.717, 1.165) is 12.3 Å². The fourth-order valence-corrected chi connectivity index (χ4v) is 4.86. The van der Waals surface area contributed by atoms with Crippen molar-refractivity contribution in [1.29, 1.82) is 5.26 Å². The van der Waals surface area contributed by atoms with Crippen molar-refractivity contribution in [2.75, 3.05) is 27.1 Å². The van der Waals surface area contributed by atoms with E-state index in [1.54, 1.807) is 22.9 Å². The third-order valence-corrected chi connectivity index (χ3v) is 7.94. The van der Waals surface area contributed by atoms with Crippen molar-refractivity contribution in [2.45, 2.75) is 37.6 Å². The van der Waals surface area contributed by atoms with Crippen molar-refractivity contribution in [3.05, 3.63) is 28.9 Å². The van der Waals surface area contributed by atoms with E-state index in [2.05, 4.69) is 35.7 Å². The minimum absolute atomic E-state index is 0.107. The first kappa shape index (κ1) is 26.0. The molecular weight excluding hydrogens is 496 g/mol. The van der Waals surface area contributed by atoms with Crippen molar-refractivity contribution in [2.24, 2.45) is 0 Å². The van der Waals surface area contributed by atoms with Gasteiger partial charge in [-0.15, -0.1) is 0 Å². The molecular formula is C22H27ClN4O5SSi. The van der Waals surface area contributed by atoms with Crippen molar-refractivity contribution in [1.82, 2.24) is 14.5 Å². The molecule has 0 aliphatic heterocycles. The Morgan fingerprint density at radius 3 is 2.44 bits per heavy atom. The zero-order chi connectivity index (χ0) is 25.3. The van der Waals surface area contributed by atoms with E-state index in [1.165, 1.54) is 14.2 Å². The molecule has 0 N–H and O–H groups in total. The number of benzene rings is 1. The first-order valence-electron chi connectivity index (χ1n) is 10.4. The Morgan fingerprint density at radius 1 is 1.18 bits per heavy atom. The lowest BCUT2D eigenvalue weighted by Crippen LogP contribution is -2.22. The number of nitrogens with zero attached hydrogens (tertiary/aromatic N) is 4. The average Bonchev–Trinajstić information content (AvgIpc) is 3.12. The summed E-state index contributed by atoms with van der Waals surface area (Å²) in [5.41, 5.74) is 1.01. The summed E-state index contributed by atoms with van der Waals surface area (Å²) < 4.78 is 43.1. The van der Waals surface area contributed by atoms with Gasteiger partial charge in [0, 0.05) is 33.2 Å². The maximum atomic E-state index is 12.4. The Labute approximate surface area is 205 Å². The van der Waals surface area contributed by atoms with Gasteiger partial charge in [-0.25, -0.2) is 13.4 Å². The smallest absolute Gasteiger partial charge is 0.249 e. The Kier molecular flexibility index (Phi) is 7.57. The third kappa shape index (κ3) is 5.52. The molecule has 0 aliphatic rings. The van der Waals surface area contributed by atoms with Gasteiger partial charge in [0.25, 0.3) is 0 Å². The van der Waals surface area contributed by atoms with Gasteiger partial charge in [-0.2, -0.15) is 10.2 Å². The highest BCUT2D eigenvalue weighted by Crippen LogP contribution is 2.42. The molecule has 0 fully saturated rings. The van der Waals surface area contributed by atoms with Crippen LogP contribution in [-0.4, -0.2) is 58.1 Å². The number of halogens is 1. The lowest BCUT2D eigenvalue weighted by molar-refractivity contribution is 0.0898. The molecule has 2 aromatic heterocycles. The number of aromatic nitrogens is 3. The average molecular weight is 523 g/mol. The number of ether oxygens (including phenoxy) is 3. The summed E-state index contributed by atoms with van der Waals surface area (Å²) in [5.74, 6) is 0.764. The van der Waals surface area contributed by atoms with Gasteiger partial charge in [-0.1, -0.05) is 31.2 Å². The number of rotatable bonds is 9. The quantitative estimate of drug-likeness (QED) is 0.231. The normalized spacial score (nSPS) is 12.1. The minimum Gasteiger partial charge on any atom is -0.497 e. The van der Waals surface area contributed by atoms with Gasteiger partial charge in [-0.05, 0) is 12.1 Å². The molecule has 2 heterocycles. The zero-order valence-electron chi connectivity index (χ0n) is 20.0. The topological polar surface area (TPSA) is 116 Å². The molecule has 3 aromatic rings. The van der Waals surface area contributed by atoms with Crippen LogP contribution in [0.15, 0.2) is 23.5 Å². The van der Waals surface area contributed by atoms with E-state index in [0.29, 0.717) is 29.1 Å². The predicted octanol–water partition coefficient (Wildman–Crippen LogP) is 4.36. The molecule has 0 saturated carbocycles. The second-order valence-electron chi connectivity index (χ2n) is 8.98. The van der Waals surface area contributed by atoms with Crippen LogP contribution >= 0.6 is 11.6 Å². The molecule has 0 saturated heterocycles. The molecule has 0 radical (unpaired) electrons. The maximum Gasteiger partial charge on any atom is 0.249 e. The van der Waals surface area contributed by atoms with Gasteiger partial charge >= 0.3 is 0 Å². The Morgan fingerprint density at radius 2 is 1.88 bits per heavy atom. The molecule has 0 bridgehead atoms. The van der Waals surface area contributed by atoms with Crippen LogP contribution in [0.2, 0.25) is 30.7 Å². The predicted molar refractivity (Wildman–Crippen MR) is 133 cm³/mol. The Hall–Kier alpha value is -2.65. The standard InChI is InChI=1S/C22H27ClN4O5SSi/c1-30-15-9-16(23)19(17(10-15)31-2)20-18-14(11-24)12-27(13-32-7-8-34(4,5)6)21(18)26-22(25-20)33(3,28)29/h9-10,12H,7-8,13H2,1-6H3. The largest absolute Gasteiger partial charge is 0.497 e. The highest BCUT2D eigenvalue weighted by atomic mass is 35.5. The summed E-state index contributed by atoms with van der Waals surface area (Å²) >= 11 is 6.56. The second kappa shape index (κ2) is 9.91. The van der Waals surface area contributed by atoms with Crippen LogP contribution < -0.4 is 9.47 Å². The molecule has 3 rings (SSSR count). The number of nitriles is 1. The highest BCUT2D eigenvalue weighted by molar-refractivity contribution is 7.90. The van der Waals surface area contributed by atoms with Gasteiger partial charge in [0.2, 0.25) is 15.0 Å². The highest BCUT2D eigenvalue weighted by Gasteiger charge is 2.26. The zero-order valence-corrected chi connectivity index (χ0v) is 22.5. The lowest BCUT2D eigenvalue weighted by Gasteiger charge is -2.16. The molecule has 182 valence electrons. The Balaban J connectivity index is 2.27. The monoisotopic (exact) mass is 522 g/mol. The molecule has 9 nitrogen and oxygen atoms in total. The van der Waals surface area contributed by atoms with E-state index in [9.17, 15) is 13.7 Å². The van der Waals surface area contributed by atoms with E-state index in [4.69, 9.17) is 25.8 Å². The maximum absolute atomic E-state index is 12.4. The SMILES string of the molecule is COc1cc(Cl)c(-c2nc(S(C)(=O)=O)nc3c2c(C#N)cn3COCC[Si](C)(C)C)c(OC)c1. The summed E-state index contributed by atoms with van der Waals surface area (Å²) in [6.45, 7) is 7.40. The number of methoxy groups -OCH3 is 2. The molecule has 12 heteroatoms. The van der Waals surface area contributed by atoms with Crippen LogP contribution in [0, 0.1) is 11.3 Å². The van der Waals surface area contributed by atoms with Crippen LogP contribution in [0.4, 0.5) is 0 Å². The van der Waals surface area contributed by atoms with Crippen molar-refractivity contribution in [3.8, 4) is 28.8 Å². The Bertz CT molecular complexity index is 1380. The van der Waals surface area contributed by atoms with E-state index < -0.39 is 23.1 Å². The van der Waals surface area contributed by atoms with E-state index >= 15 is 0 Å². The number of hydrogen-bond acceptors (Lipinski definition) is 8. The fourth-order valence-electron chi connectivity index (χ4n) is 3.30. The molecule has 0 spiro atoms. The summed E-state index contributed by atoms with van der Waals surface area (Å²) in [4.78, 5) is 8.59. The third-order valence-electron chi connectivity index (χ3n) is 5.09. The molecule has 1 aromatic carbocycles. The van der Waals surface area contributed by atoms with Crippen LogP contribution in [0.5, 0.6) is 11.5 Å². The van der Waals surface area contributed by atoms with E-state index in [1.807, 2.05) is 0 Å². The number of fused-ring (bicyclic) bond motifs is 1. The first-order valence-corrected chi connectivity index (χ1v) is 16.4. The molecule has 0 atom stereocenters. The van der Waals surface area contributed by atoms with Gasteiger partial charge in [0.1, 0.15) is 29.9 Å². The van der Waals surface area contributed by atoms with Crippen LogP contribution in [0.1, 0.15) is 5.56 Å². The lowest BCUT2D eigenvalue weighted by atomic mass is 10.1. The number of sulfone groups is 1. The fraction of sp³-hybridized carbons (Fsp3) is 0.409. The summed E-state index contributed by atoms with van der Waals surface area (Å²) in [6, 6.07) is 6.28. The number of hydrogen-bond donors (Lipinski definition) is 0. The summed E-state index contributed by atoms with van der Waals surface area (Å²) in [7, 11) is -2.14. The molecule has 0 amide bonds. The van der Waals surface area contributed by atoms with Gasteiger partial charge in [0.05, 0.1) is 41.4 Å². The summed E-state index contributed by atoms with van der Waals surface area (Å²) in [6.07, 6.45) is 2.60. The van der Waals surface area contributed by atoms with Crippen molar-refractivity contribution >= 4 is 40.5 Å².